The second-order valence-electron chi connectivity index (χ2n) is 5.35. The molecule has 5 heteroatoms. The van der Waals surface area contributed by atoms with Crippen molar-refractivity contribution >= 4 is 33.1 Å². The van der Waals surface area contributed by atoms with Crippen LogP contribution in [0.1, 0.15) is 6.42 Å². The van der Waals surface area contributed by atoms with Gasteiger partial charge in [0.1, 0.15) is 0 Å². The average Bonchev–Trinajstić information content (AvgIpc) is 2.18. The van der Waals surface area contributed by atoms with Crippen LogP contribution in [0.3, 0.4) is 0 Å². The second-order valence-corrected chi connectivity index (χ2v) is 15.2. The maximum Gasteiger partial charge on any atom is 0.330 e. The first kappa shape index (κ1) is 15.9. The molecule has 0 N–H and O–H groups in total. The molecule has 0 aliphatic heterocycles. The summed E-state index contributed by atoms with van der Waals surface area (Å²) in [6, 6.07) is 1.32. The first-order valence-electron chi connectivity index (χ1n) is 6.29. The molecule has 0 aromatic carbocycles. The molecule has 0 saturated carbocycles. The molecule has 0 aliphatic rings. The Balaban J connectivity index is 3.34. The van der Waals surface area contributed by atoms with Gasteiger partial charge >= 0.3 is 5.97 Å². The molecular formula is C11H26O2Si3. The van der Waals surface area contributed by atoms with Crippen molar-refractivity contribution in [3.63, 3.8) is 0 Å². The third-order valence-corrected chi connectivity index (χ3v) is 11.4. The summed E-state index contributed by atoms with van der Waals surface area (Å²) in [4.78, 5) is 11.1. The lowest BCUT2D eigenvalue weighted by Crippen LogP contribution is -2.22. The number of hydrogen-bond donors (Lipinski definition) is 0. The average molecular weight is 275 g/mol. The first-order valence-corrected chi connectivity index (χ1v) is 14.2. The van der Waals surface area contributed by atoms with Crippen molar-refractivity contribution in [1.82, 2.24) is 0 Å². The van der Waals surface area contributed by atoms with Gasteiger partial charge in [0.2, 0.25) is 0 Å². The van der Waals surface area contributed by atoms with Crippen LogP contribution in [0.4, 0.5) is 0 Å². The predicted octanol–water partition coefficient (Wildman–Crippen LogP) is 1.53. The number of carbonyl (C=O) groups excluding carboxylic acids is 1. The summed E-state index contributed by atoms with van der Waals surface area (Å²) in [5.74, 6) is -0.152. The molecular weight excluding hydrogens is 248 g/mol. The Morgan fingerprint density at radius 1 is 1.38 bits per heavy atom. The van der Waals surface area contributed by atoms with Gasteiger partial charge in [0.15, 0.2) is 0 Å². The van der Waals surface area contributed by atoms with Gasteiger partial charge in [0.05, 0.1) is 6.61 Å². The van der Waals surface area contributed by atoms with E-state index in [1.807, 2.05) is 5.70 Å². The fraction of sp³-hybridized carbons (Fsp3) is 0.727. The van der Waals surface area contributed by atoms with E-state index in [1.165, 1.54) is 11.7 Å². The van der Waals surface area contributed by atoms with E-state index in [-0.39, 0.29) is 25.0 Å². The highest BCUT2D eigenvalue weighted by molar-refractivity contribution is 6.83. The fourth-order valence-corrected chi connectivity index (χ4v) is 7.60. The van der Waals surface area contributed by atoms with Gasteiger partial charge in [0, 0.05) is 33.2 Å². The van der Waals surface area contributed by atoms with E-state index in [1.54, 1.807) is 6.08 Å². The van der Waals surface area contributed by atoms with Crippen molar-refractivity contribution in [3.8, 4) is 0 Å². The van der Waals surface area contributed by atoms with Crippen molar-refractivity contribution in [2.24, 2.45) is 0 Å². The Morgan fingerprint density at radius 2 is 2.06 bits per heavy atom. The number of esters is 1. The quantitative estimate of drug-likeness (QED) is 0.290. The van der Waals surface area contributed by atoms with E-state index in [4.69, 9.17) is 4.74 Å². The van der Waals surface area contributed by atoms with Gasteiger partial charge in [-0.3, -0.25) is 0 Å². The van der Waals surface area contributed by atoms with Gasteiger partial charge in [-0.15, -0.1) is 0 Å². The highest BCUT2D eigenvalue weighted by Crippen LogP contribution is 2.08. The van der Waals surface area contributed by atoms with Crippen molar-refractivity contribution in [3.05, 3.63) is 11.8 Å². The molecule has 2 nitrogen and oxygen atoms in total. The van der Waals surface area contributed by atoms with Gasteiger partial charge in [-0.25, -0.2) is 4.79 Å². The van der Waals surface area contributed by atoms with Gasteiger partial charge in [-0.1, -0.05) is 43.6 Å². The van der Waals surface area contributed by atoms with Crippen LogP contribution in [-0.4, -0.2) is 39.7 Å². The fourth-order valence-electron chi connectivity index (χ4n) is 1.37. The number of ether oxygens (including phenoxy) is 1. The largest absolute Gasteiger partial charge is 0.463 e. The minimum Gasteiger partial charge on any atom is -0.463 e. The first-order chi connectivity index (χ1) is 7.45. The summed E-state index contributed by atoms with van der Waals surface area (Å²) in [6.07, 6.45) is 2.66. The number of rotatable bonds is 8. The summed E-state index contributed by atoms with van der Waals surface area (Å²) in [7, 11) is -0.855. The molecule has 0 heterocycles. The van der Waals surface area contributed by atoms with Gasteiger partial charge < -0.3 is 4.74 Å². The smallest absolute Gasteiger partial charge is 0.330 e. The van der Waals surface area contributed by atoms with Crippen LogP contribution in [0, 0.1) is 0 Å². The maximum atomic E-state index is 11.1. The monoisotopic (exact) mass is 274 g/mol. The van der Waals surface area contributed by atoms with Crippen molar-refractivity contribution in [2.45, 2.75) is 44.3 Å². The molecule has 0 radical (unpaired) electrons. The highest BCUT2D eigenvalue weighted by atomic mass is 28.4. The Bertz CT molecular complexity index is 222. The molecule has 0 bridgehead atoms. The van der Waals surface area contributed by atoms with Crippen LogP contribution in [0.2, 0.25) is 37.9 Å². The molecule has 94 valence electrons. The van der Waals surface area contributed by atoms with Crippen LogP contribution >= 0.6 is 0 Å². The molecule has 0 aromatic heterocycles. The van der Waals surface area contributed by atoms with E-state index < -0.39 is 8.07 Å². The van der Waals surface area contributed by atoms with Gasteiger partial charge in [0.25, 0.3) is 0 Å². The molecule has 0 fully saturated rings. The van der Waals surface area contributed by atoms with E-state index in [0.29, 0.717) is 6.61 Å². The third kappa shape index (κ3) is 11.9. The highest BCUT2D eigenvalue weighted by Gasteiger charge is 2.11. The van der Waals surface area contributed by atoms with Gasteiger partial charge in [-0.2, -0.15) is 0 Å². The Kier molecular flexibility index (Phi) is 8.87. The van der Waals surface area contributed by atoms with E-state index in [2.05, 4.69) is 26.2 Å². The van der Waals surface area contributed by atoms with Crippen LogP contribution in [0.5, 0.6) is 0 Å². The number of hydrogen-bond acceptors (Lipinski definition) is 2. The summed E-state index contributed by atoms with van der Waals surface area (Å²) < 4.78 is 5.11. The molecule has 0 aromatic rings. The van der Waals surface area contributed by atoms with Crippen LogP contribution in [-0.2, 0) is 9.53 Å². The lowest BCUT2D eigenvalue weighted by atomic mass is 10.5. The molecule has 0 saturated heterocycles. The molecule has 0 aliphatic carbocycles. The van der Waals surface area contributed by atoms with Crippen molar-refractivity contribution in [1.29, 1.82) is 0 Å². The molecule has 0 spiro atoms. The third-order valence-electron chi connectivity index (χ3n) is 2.31. The Hall–Kier alpha value is -0.139. The lowest BCUT2D eigenvalue weighted by molar-refractivity contribution is -0.137. The van der Waals surface area contributed by atoms with Crippen LogP contribution < -0.4 is 0 Å². The minimum absolute atomic E-state index is 0.106. The lowest BCUT2D eigenvalue weighted by Gasteiger charge is -2.14. The van der Waals surface area contributed by atoms with E-state index in [0.717, 1.165) is 6.42 Å². The van der Waals surface area contributed by atoms with Crippen molar-refractivity contribution in [2.75, 3.05) is 6.61 Å². The molecule has 0 amide bonds. The molecule has 0 unspecified atom stereocenters. The molecule has 16 heavy (non-hydrogen) atoms. The Morgan fingerprint density at radius 3 is 2.62 bits per heavy atom. The SMILES string of the molecule is C[SiH2]C=CC(=O)OCCC[SiH2]C[Si](C)(C)C. The van der Waals surface area contributed by atoms with Crippen LogP contribution in [0.15, 0.2) is 11.8 Å². The van der Waals surface area contributed by atoms with E-state index in [9.17, 15) is 4.79 Å². The predicted molar refractivity (Wildman–Crippen MR) is 80.6 cm³/mol. The maximum absolute atomic E-state index is 11.1. The van der Waals surface area contributed by atoms with Gasteiger partial charge in [-0.05, 0) is 6.42 Å². The molecule has 0 atom stereocenters. The standard InChI is InChI=1S/C11H26O2Si3/c1-14-9-6-11(12)13-7-5-8-15-10-16(2,3)4/h6,9H,5,7-8,10,14-15H2,1-4H3. The Labute approximate surface area is 106 Å². The van der Waals surface area contributed by atoms with Crippen LogP contribution in [0.25, 0.3) is 0 Å². The normalized spacial score (nSPS) is 13.5. The van der Waals surface area contributed by atoms with E-state index >= 15 is 0 Å². The summed E-state index contributed by atoms with van der Waals surface area (Å²) >= 11 is 0. The minimum atomic E-state index is -0.809. The second kappa shape index (κ2) is 8.95. The zero-order chi connectivity index (χ0) is 12.4. The zero-order valence-corrected chi connectivity index (χ0v) is 15.0. The number of carbonyl (C=O) groups is 1. The molecule has 0 rings (SSSR count). The summed E-state index contributed by atoms with van der Waals surface area (Å²) in [5, 5.41) is 0. The summed E-state index contributed by atoms with van der Waals surface area (Å²) in [5.41, 5.74) is 3.49. The summed E-state index contributed by atoms with van der Waals surface area (Å²) in [6.45, 7) is 10.1. The van der Waals surface area contributed by atoms with Crippen molar-refractivity contribution < 1.29 is 9.53 Å². The zero-order valence-electron chi connectivity index (χ0n) is 11.2. The topological polar surface area (TPSA) is 26.3 Å².